The molecule has 1 heterocycles. The molecular weight excluding hydrogens is 469 g/mol. The molecule has 1 aromatic heterocycles. The molecule has 0 atom stereocenters. The number of halogens is 2. The molecule has 0 saturated heterocycles. The first-order valence-corrected chi connectivity index (χ1v) is 9.57. The van der Waals surface area contributed by atoms with Crippen molar-refractivity contribution in [1.82, 2.24) is 4.98 Å². The Morgan fingerprint density at radius 3 is 1.19 bits per heavy atom. The fourth-order valence-electron chi connectivity index (χ4n) is 3.25. The Bertz CT molecular complexity index is 969. The molecule has 164 valence electrons. The Morgan fingerprint density at radius 2 is 0.871 bits per heavy atom. The molecule has 0 saturated carbocycles. The van der Waals surface area contributed by atoms with Crippen LogP contribution in [0.25, 0.3) is 0 Å². The van der Waals surface area contributed by atoms with Gasteiger partial charge in [0.2, 0.25) is 0 Å². The molecule has 0 amide bonds. The van der Waals surface area contributed by atoms with E-state index >= 15 is 0 Å². The molecular formula is C25H27Cl2FeN3. The van der Waals surface area contributed by atoms with Crippen molar-refractivity contribution < 1.29 is 41.9 Å². The quantitative estimate of drug-likeness (QED) is 0.386. The Kier molecular flexibility index (Phi) is 12.0. The summed E-state index contributed by atoms with van der Waals surface area (Å²) < 4.78 is 0. The standard InChI is InChI=1S/C25H27N3.2ClH.Fe/c1-16-10-7-11-17(2)24(16)26-20(5)22-14-9-15-23(28-22)21(6)27-25-18(3)12-8-13-19(25)4;;;/h7-15H,1-6H3;2*1H;/q;;;+2/p-2/b26-20+,27-21+;;;. The van der Waals surface area contributed by atoms with Gasteiger partial charge in [-0.1, -0.05) is 42.5 Å². The van der Waals surface area contributed by atoms with Gasteiger partial charge in [0.25, 0.3) is 0 Å². The molecule has 0 fully saturated rings. The molecule has 3 nitrogen and oxygen atoms in total. The fraction of sp³-hybridized carbons (Fsp3) is 0.240. The zero-order chi connectivity index (χ0) is 20.3. The second-order valence-corrected chi connectivity index (χ2v) is 7.28. The number of hydrogen-bond acceptors (Lipinski definition) is 3. The van der Waals surface area contributed by atoms with Crippen LogP contribution in [0, 0.1) is 27.7 Å². The van der Waals surface area contributed by atoms with E-state index in [1.165, 1.54) is 22.3 Å². The summed E-state index contributed by atoms with van der Waals surface area (Å²) in [6, 6.07) is 18.5. The number of para-hydroxylation sites is 2. The minimum atomic E-state index is 0. The number of aromatic nitrogens is 1. The minimum absolute atomic E-state index is 0. The SMILES string of the molecule is C/C(=N\c1c(C)cccc1C)c1cccc(/C(C)=N/c2c(C)cccc2C)n1.[Cl-].[Cl-].[Fe+2]. The average Bonchev–Trinajstić information content (AvgIpc) is 2.67. The molecule has 0 unspecified atom stereocenters. The third-order valence-electron chi connectivity index (χ3n) is 4.93. The molecule has 3 rings (SSSR count). The van der Waals surface area contributed by atoms with E-state index in [4.69, 9.17) is 15.0 Å². The van der Waals surface area contributed by atoms with E-state index in [-0.39, 0.29) is 41.9 Å². The van der Waals surface area contributed by atoms with Gasteiger partial charge in [0.15, 0.2) is 0 Å². The predicted molar refractivity (Wildman–Crippen MR) is 120 cm³/mol. The number of benzene rings is 2. The monoisotopic (exact) mass is 495 g/mol. The summed E-state index contributed by atoms with van der Waals surface area (Å²) in [5.41, 5.74) is 10.3. The number of pyridine rings is 1. The molecule has 0 spiro atoms. The maximum atomic E-state index is 4.86. The molecule has 0 N–H and O–H groups in total. The van der Waals surface area contributed by atoms with Gasteiger partial charge in [0.05, 0.1) is 34.2 Å². The van der Waals surface area contributed by atoms with Gasteiger partial charge in [0, 0.05) is 0 Å². The Hall–Kier alpha value is -1.97. The second-order valence-electron chi connectivity index (χ2n) is 7.28. The molecule has 31 heavy (non-hydrogen) atoms. The van der Waals surface area contributed by atoms with Crippen LogP contribution in [-0.2, 0) is 17.1 Å². The third-order valence-corrected chi connectivity index (χ3v) is 4.93. The van der Waals surface area contributed by atoms with E-state index in [9.17, 15) is 0 Å². The average molecular weight is 496 g/mol. The summed E-state index contributed by atoms with van der Waals surface area (Å²) in [6.07, 6.45) is 0. The van der Waals surface area contributed by atoms with E-state index in [1.807, 2.05) is 32.0 Å². The van der Waals surface area contributed by atoms with Crippen LogP contribution in [0.15, 0.2) is 64.6 Å². The van der Waals surface area contributed by atoms with Crippen molar-refractivity contribution in [2.45, 2.75) is 41.5 Å². The molecule has 3 aromatic rings. The van der Waals surface area contributed by atoms with Crippen molar-refractivity contribution in [1.29, 1.82) is 0 Å². The van der Waals surface area contributed by atoms with Crippen molar-refractivity contribution in [3.05, 3.63) is 88.2 Å². The van der Waals surface area contributed by atoms with Gasteiger partial charge >= 0.3 is 17.1 Å². The first-order chi connectivity index (χ1) is 13.4. The molecule has 0 aliphatic rings. The summed E-state index contributed by atoms with van der Waals surface area (Å²) >= 11 is 0. The summed E-state index contributed by atoms with van der Waals surface area (Å²) in [6.45, 7) is 12.4. The van der Waals surface area contributed by atoms with Crippen LogP contribution in [-0.4, -0.2) is 16.4 Å². The van der Waals surface area contributed by atoms with Crippen LogP contribution in [0.5, 0.6) is 0 Å². The number of rotatable bonds is 4. The first kappa shape index (κ1) is 29.0. The Labute approximate surface area is 208 Å². The van der Waals surface area contributed by atoms with Crippen LogP contribution < -0.4 is 24.8 Å². The van der Waals surface area contributed by atoms with Crippen LogP contribution in [0.2, 0.25) is 0 Å². The summed E-state index contributed by atoms with van der Waals surface area (Å²) in [4.78, 5) is 14.5. The smallest absolute Gasteiger partial charge is 1.00 e. The van der Waals surface area contributed by atoms with E-state index in [2.05, 4.69) is 64.1 Å². The van der Waals surface area contributed by atoms with Gasteiger partial charge in [-0.05, 0) is 75.9 Å². The summed E-state index contributed by atoms with van der Waals surface area (Å²) in [5.74, 6) is 0. The third kappa shape index (κ3) is 7.02. The maximum Gasteiger partial charge on any atom is 2.00 e. The van der Waals surface area contributed by atoms with Crippen LogP contribution >= 0.6 is 0 Å². The molecule has 6 heteroatoms. The first-order valence-electron chi connectivity index (χ1n) is 9.57. The van der Waals surface area contributed by atoms with Crippen molar-refractivity contribution in [2.24, 2.45) is 9.98 Å². The predicted octanol–water partition coefficient (Wildman–Crippen LogP) is 0.602. The number of hydrogen-bond donors (Lipinski definition) is 0. The fourth-order valence-corrected chi connectivity index (χ4v) is 3.25. The molecule has 0 bridgehead atoms. The van der Waals surface area contributed by atoms with E-state index in [0.29, 0.717) is 0 Å². The van der Waals surface area contributed by atoms with Gasteiger partial charge < -0.3 is 24.8 Å². The molecule has 0 aliphatic heterocycles. The van der Waals surface area contributed by atoms with Gasteiger partial charge in [-0.2, -0.15) is 0 Å². The second kappa shape index (κ2) is 12.8. The van der Waals surface area contributed by atoms with Gasteiger partial charge in [-0.25, -0.2) is 4.98 Å². The van der Waals surface area contributed by atoms with E-state index in [1.54, 1.807) is 0 Å². The number of aliphatic imine (C=N–C) groups is 2. The molecule has 0 radical (unpaired) electrons. The van der Waals surface area contributed by atoms with Crippen molar-refractivity contribution in [3.63, 3.8) is 0 Å². The van der Waals surface area contributed by atoms with E-state index < -0.39 is 0 Å². The zero-order valence-electron chi connectivity index (χ0n) is 18.6. The van der Waals surface area contributed by atoms with Crippen molar-refractivity contribution in [3.8, 4) is 0 Å². The molecule has 2 aromatic carbocycles. The summed E-state index contributed by atoms with van der Waals surface area (Å²) in [5, 5.41) is 0. The summed E-state index contributed by atoms with van der Waals surface area (Å²) in [7, 11) is 0. The Morgan fingerprint density at radius 1 is 0.581 bits per heavy atom. The van der Waals surface area contributed by atoms with Crippen molar-refractivity contribution >= 4 is 22.8 Å². The topological polar surface area (TPSA) is 37.6 Å². The van der Waals surface area contributed by atoms with Crippen LogP contribution in [0.1, 0.15) is 47.5 Å². The van der Waals surface area contributed by atoms with E-state index in [0.717, 1.165) is 34.2 Å². The molecule has 0 aliphatic carbocycles. The van der Waals surface area contributed by atoms with Gasteiger partial charge in [-0.15, -0.1) is 0 Å². The van der Waals surface area contributed by atoms with Gasteiger partial charge in [-0.3, -0.25) is 9.98 Å². The van der Waals surface area contributed by atoms with Gasteiger partial charge in [0.1, 0.15) is 0 Å². The zero-order valence-corrected chi connectivity index (χ0v) is 21.3. The largest absolute Gasteiger partial charge is 2.00 e. The van der Waals surface area contributed by atoms with Crippen LogP contribution in [0.3, 0.4) is 0 Å². The maximum absolute atomic E-state index is 4.86. The minimum Gasteiger partial charge on any atom is -1.00 e. The Balaban J connectivity index is 0.00000300. The number of aryl methyl sites for hydroxylation is 4. The number of nitrogens with zero attached hydrogens (tertiary/aromatic N) is 3. The normalized spacial score (nSPS) is 11.2. The van der Waals surface area contributed by atoms with Crippen molar-refractivity contribution in [2.75, 3.05) is 0 Å². The van der Waals surface area contributed by atoms with Crippen LogP contribution in [0.4, 0.5) is 11.4 Å².